The average Bonchev–Trinajstić information content (AvgIpc) is 2.95. The second kappa shape index (κ2) is 7.98. The van der Waals surface area contributed by atoms with Gasteiger partial charge >= 0.3 is 0 Å². The van der Waals surface area contributed by atoms with Gasteiger partial charge in [0.25, 0.3) is 5.91 Å². The Kier molecular flexibility index (Phi) is 5.99. The van der Waals surface area contributed by atoms with Gasteiger partial charge in [-0.15, -0.1) is 0 Å². The second-order valence-corrected chi connectivity index (χ2v) is 6.06. The number of aryl methyl sites for hydroxylation is 1. The molecule has 0 saturated heterocycles. The number of halogens is 1. The quantitative estimate of drug-likeness (QED) is 0.603. The van der Waals surface area contributed by atoms with E-state index in [-0.39, 0.29) is 5.91 Å². The van der Waals surface area contributed by atoms with Crippen molar-refractivity contribution in [3.8, 4) is 11.5 Å². The molecule has 1 heterocycles. The zero-order chi connectivity index (χ0) is 17.7. The molecule has 0 fully saturated rings. The van der Waals surface area contributed by atoms with E-state index in [2.05, 4.69) is 15.5 Å². The number of carbonyl (C=O) groups is 1. The number of hydrogen-bond acceptors (Lipinski definition) is 7. The summed E-state index contributed by atoms with van der Waals surface area (Å²) in [5, 5.41) is 4.67. The Bertz CT molecular complexity index is 776. The number of benzene rings is 1. The van der Waals surface area contributed by atoms with Crippen LogP contribution in [0.15, 0.2) is 17.2 Å². The number of nitrogens with zero attached hydrogens (tertiary/aromatic N) is 2. The van der Waals surface area contributed by atoms with Crippen molar-refractivity contribution in [1.29, 1.82) is 0 Å². The third kappa shape index (κ3) is 3.95. The Morgan fingerprint density at radius 3 is 2.83 bits per heavy atom. The number of anilines is 1. The van der Waals surface area contributed by atoms with Gasteiger partial charge in [0, 0.05) is 0 Å². The van der Waals surface area contributed by atoms with E-state index >= 15 is 0 Å². The number of amides is 1. The van der Waals surface area contributed by atoms with E-state index in [1.54, 1.807) is 12.1 Å². The number of thiazole rings is 1. The molecule has 0 saturated carbocycles. The van der Waals surface area contributed by atoms with Gasteiger partial charge in [0.1, 0.15) is 4.88 Å². The van der Waals surface area contributed by atoms with Crippen molar-refractivity contribution < 1.29 is 14.3 Å². The lowest BCUT2D eigenvalue weighted by Crippen LogP contribution is -2.17. The summed E-state index contributed by atoms with van der Waals surface area (Å²) in [6.45, 7) is 1.90. The molecule has 0 aliphatic rings. The molecular formula is C15H17ClN4O3S. The summed E-state index contributed by atoms with van der Waals surface area (Å²) in [6.07, 6.45) is 2.08. The maximum Gasteiger partial charge on any atom is 0.283 e. The molecule has 1 aromatic heterocycles. The van der Waals surface area contributed by atoms with E-state index in [0.717, 1.165) is 11.3 Å². The van der Waals surface area contributed by atoms with Crippen LogP contribution in [0.2, 0.25) is 5.02 Å². The summed E-state index contributed by atoms with van der Waals surface area (Å²) in [7, 11) is 3.02. The highest BCUT2D eigenvalue weighted by atomic mass is 35.5. The van der Waals surface area contributed by atoms with Gasteiger partial charge < -0.3 is 15.2 Å². The summed E-state index contributed by atoms with van der Waals surface area (Å²) in [4.78, 5) is 16.7. The minimum atomic E-state index is -0.358. The van der Waals surface area contributed by atoms with Gasteiger partial charge in [0.15, 0.2) is 16.6 Å². The minimum Gasteiger partial charge on any atom is -0.493 e. The van der Waals surface area contributed by atoms with Crippen LogP contribution >= 0.6 is 22.9 Å². The highest BCUT2D eigenvalue weighted by Crippen LogP contribution is 2.35. The van der Waals surface area contributed by atoms with E-state index in [4.69, 9.17) is 26.8 Å². The topological polar surface area (TPSA) is 98.8 Å². The monoisotopic (exact) mass is 368 g/mol. The van der Waals surface area contributed by atoms with E-state index < -0.39 is 0 Å². The van der Waals surface area contributed by atoms with Crippen LogP contribution in [0.3, 0.4) is 0 Å². The van der Waals surface area contributed by atoms with E-state index in [0.29, 0.717) is 44.2 Å². The second-order valence-electron chi connectivity index (χ2n) is 4.62. The predicted molar refractivity (Wildman–Crippen MR) is 95.5 cm³/mol. The molecule has 0 radical (unpaired) electrons. The lowest BCUT2D eigenvalue weighted by atomic mass is 10.2. The maximum atomic E-state index is 12.1. The molecule has 0 unspecified atom stereocenters. The molecule has 0 bridgehead atoms. The number of hydrazone groups is 1. The molecule has 24 heavy (non-hydrogen) atoms. The van der Waals surface area contributed by atoms with Crippen molar-refractivity contribution in [2.24, 2.45) is 5.10 Å². The molecule has 3 N–H and O–H groups in total. The van der Waals surface area contributed by atoms with Gasteiger partial charge in [-0.25, -0.2) is 10.4 Å². The van der Waals surface area contributed by atoms with Crippen molar-refractivity contribution in [1.82, 2.24) is 10.4 Å². The zero-order valence-electron chi connectivity index (χ0n) is 13.4. The molecule has 2 aromatic rings. The van der Waals surface area contributed by atoms with Gasteiger partial charge in [0.2, 0.25) is 0 Å². The van der Waals surface area contributed by atoms with Crippen LogP contribution in [0.5, 0.6) is 11.5 Å². The number of nitrogen functional groups attached to an aromatic ring is 1. The van der Waals surface area contributed by atoms with Crippen LogP contribution in [-0.2, 0) is 6.42 Å². The summed E-state index contributed by atoms with van der Waals surface area (Å²) in [6, 6.07) is 3.35. The number of ether oxygens (including phenoxy) is 2. The molecule has 128 valence electrons. The Morgan fingerprint density at radius 1 is 1.46 bits per heavy atom. The van der Waals surface area contributed by atoms with E-state index in [1.807, 2.05) is 6.92 Å². The number of aromatic nitrogens is 1. The molecule has 7 nitrogen and oxygen atoms in total. The Morgan fingerprint density at radius 2 is 2.21 bits per heavy atom. The lowest BCUT2D eigenvalue weighted by molar-refractivity contribution is 0.0958. The molecule has 2 rings (SSSR count). The number of nitrogens with two attached hydrogens (primary N) is 1. The van der Waals surface area contributed by atoms with E-state index in [1.165, 1.54) is 20.4 Å². The third-order valence-electron chi connectivity index (χ3n) is 3.09. The van der Waals surface area contributed by atoms with Gasteiger partial charge in [-0.3, -0.25) is 4.79 Å². The van der Waals surface area contributed by atoms with Crippen molar-refractivity contribution in [3.63, 3.8) is 0 Å². The molecule has 0 aliphatic heterocycles. The normalized spacial score (nSPS) is 10.8. The molecule has 0 atom stereocenters. The fraction of sp³-hybridized carbons (Fsp3) is 0.267. The van der Waals surface area contributed by atoms with Crippen LogP contribution in [0, 0.1) is 0 Å². The highest BCUT2D eigenvalue weighted by Gasteiger charge is 2.15. The van der Waals surface area contributed by atoms with Gasteiger partial charge in [-0.2, -0.15) is 5.10 Å². The van der Waals surface area contributed by atoms with Gasteiger partial charge in [0.05, 0.1) is 31.2 Å². The Labute approximate surface area is 148 Å². The lowest BCUT2D eigenvalue weighted by Gasteiger charge is -2.09. The van der Waals surface area contributed by atoms with Crippen molar-refractivity contribution >= 4 is 40.2 Å². The molecule has 1 amide bonds. The van der Waals surface area contributed by atoms with Crippen LogP contribution in [0.4, 0.5) is 5.13 Å². The van der Waals surface area contributed by atoms with Crippen LogP contribution < -0.4 is 20.6 Å². The summed E-state index contributed by atoms with van der Waals surface area (Å²) >= 11 is 7.25. The fourth-order valence-corrected chi connectivity index (χ4v) is 3.12. The summed E-state index contributed by atoms with van der Waals surface area (Å²) in [5.41, 5.74) is 9.39. The first kappa shape index (κ1) is 18.0. The summed E-state index contributed by atoms with van der Waals surface area (Å²) < 4.78 is 10.4. The van der Waals surface area contributed by atoms with Crippen LogP contribution in [0.1, 0.15) is 27.9 Å². The molecular weight excluding hydrogens is 352 g/mol. The predicted octanol–water partition coefficient (Wildman–Crippen LogP) is 2.72. The van der Waals surface area contributed by atoms with Gasteiger partial charge in [-0.05, 0) is 24.1 Å². The third-order valence-corrected chi connectivity index (χ3v) is 4.30. The number of methoxy groups -OCH3 is 2. The van der Waals surface area contributed by atoms with Gasteiger partial charge in [-0.1, -0.05) is 29.9 Å². The number of rotatable bonds is 6. The number of nitrogens with one attached hydrogen (secondary N) is 1. The first-order chi connectivity index (χ1) is 11.5. The smallest absolute Gasteiger partial charge is 0.283 e. The van der Waals surface area contributed by atoms with Crippen molar-refractivity contribution in [3.05, 3.63) is 33.3 Å². The largest absolute Gasteiger partial charge is 0.493 e. The Balaban J connectivity index is 2.14. The standard InChI is InChI=1S/C15H17ClN4O3S/c1-4-10-13(24-15(17)19-10)14(21)20-18-7-8-5-9(16)12(23-3)11(6-8)22-2/h5-7H,4H2,1-3H3,(H2,17,19)(H,20,21)/b18-7-. The van der Waals surface area contributed by atoms with Crippen molar-refractivity contribution in [2.75, 3.05) is 20.0 Å². The van der Waals surface area contributed by atoms with Crippen LogP contribution in [0.25, 0.3) is 0 Å². The van der Waals surface area contributed by atoms with Crippen molar-refractivity contribution in [2.45, 2.75) is 13.3 Å². The SMILES string of the molecule is CCc1nc(N)sc1C(=O)N/N=C\c1cc(Cl)c(OC)c(OC)c1. The van der Waals surface area contributed by atoms with E-state index in [9.17, 15) is 4.79 Å². The molecule has 0 spiro atoms. The minimum absolute atomic E-state index is 0.354. The molecule has 1 aromatic carbocycles. The molecule has 0 aliphatic carbocycles. The fourth-order valence-electron chi connectivity index (χ4n) is 2.02. The number of hydrogen-bond donors (Lipinski definition) is 2. The maximum absolute atomic E-state index is 12.1. The highest BCUT2D eigenvalue weighted by molar-refractivity contribution is 7.17. The first-order valence-electron chi connectivity index (χ1n) is 7.00. The average molecular weight is 369 g/mol. The Hall–Kier alpha value is -2.32. The number of carbonyl (C=O) groups excluding carboxylic acids is 1. The van der Waals surface area contributed by atoms with Crippen LogP contribution in [-0.4, -0.2) is 31.3 Å². The zero-order valence-corrected chi connectivity index (χ0v) is 15.0. The summed E-state index contributed by atoms with van der Waals surface area (Å²) in [5.74, 6) is 0.554. The first-order valence-corrected chi connectivity index (χ1v) is 8.19. The molecule has 9 heteroatoms.